The van der Waals surface area contributed by atoms with E-state index in [0.29, 0.717) is 12.2 Å². The van der Waals surface area contributed by atoms with Crippen molar-refractivity contribution in [3.05, 3.63) is 45.8 Å². The van der Waals surface area contributed by atoms with Crippen LogP contribution in [0, 0.1) is 10.1 Å². The van der Waals surface area contributed by atoms with E-state index in [4.69, 9.17) is 21.9 Å². The van der Waals surface area contributed by atoms with E-state index in [1.807, 2.05) is 0 Å². The van der Waals surface area contributed by atoms with E-state index in [9.17, 15) is 19.7 Å². The van der Waals surface area contributed by atoms with Crippen LogP contribution < -0.4 is 17.2 Å². The van der Waals surface area contributed by atoms with Gasteiger partial charge in [-0.15, -0.1) is 0 Å². The zero-order chi connectivity index (χ0) is 21.3. The van der Waals surface area contributed by atoms with Gasteiger partial charge in [0.2, 0.25) is 5.82 Å². The Labute approximate surface area is 159 Å². The highest BCUT2D eigenvalue weighted by atomic mass is 16.6. The van der Waals surface area contributed by atoms with E-state index < -0.39 is 22.5 Å². The van der Waals surface area contributed by atoms with Gasteiger partial charge in [0.25, 0.3) is 0 Å². The zero-order valence-electron chi connectivity index (χ0n) is 15.2. The van der Waals surface area contributed by atoms with Crippen LogP contribution in [0.1, 0.15) is 34.6 Å². The van der Waals surface area contributed by atoms with E-state index >= 15 is 0 Å². The molecule has 0 atom stereocenters. The second kappa shape index (κ2) is 10.3. The lowest BCUT2D eigenvalue weighted by molar-refractivity contribution is -0.384. The van der Waals surface area contributed by atoms with Crippen molar-refractivity contribution in [3.8, 4) is 0 Å². The Balaban J connectivity index is 0.000000283. The Morgan fingerprint density at radius 1 is 0.964 bits per heavy atom. The fourth-order valence-corrected chi connectivity index (χ4v) is 1.75. The molecule has 2 heterocycles. The average Bonchev–Trinajstić information content (AvgIpc) is 2.65. The quantitative estimate of drug-likeness (QED) is 0.374. The van der Waals surface area contributed by atoms with Gasteiger partial charge in [-0.25, -0.2) is 19.6 Å². The molecule has 12 nitrogen and oxygen atoms in total. The first-order valence-electron chi connectivity index (χ1n) is 7.96. The summed E-state index contributed by atoms with van der Waals surface area (Å²) in [5.41, 5.74) is 16.3. The van der Waals surface area contributed by atoms with Gasteiger partial charge in [0.05, 0.1) is 35.0 Å². The molecule has 28 heavy (non-hydrogen) atoms. The Morgan fingerprint density at radius 2 is 1.43 bits per heavy atom. The van der Waals surface area contributed by atoms with Gasteiger partial charge < -0.3 is 26.7 Å². The number of anilines is 3. The molecule has 6 N–H and O–H groups in total. The Kier molecular flexibility index (Phi) is 8.09. The van der Waals surface area contributed by atoms with Crippen LogP contribution >= 0.6 is 0 Å². The minimum atomic E-state index is -0.703. The van der Waals surface area contributed by atoms with E-state index in [-0.39, 0.29) is 29.5 Å². The van der Waals surface area contributed by atoms with Crippen molar-refractivity contribution >= 4 is 34.9 Å². The lowest BCUT2D eigenvalue weighted by Crippen LogP contribution is -2.07. The molecule has 2 rings (SSSR count). The molecule has 2 aromatic heterocycles. The molecule has 0 bridgehead atoms. The number of aromatic nitrogens is 2. The van der Waals surface area contributed by atoms with Gasteiger partial charge in [-0.2, -0.15) is 0 Å². The maximum atomic E-state index is 11.2. The molecule has 0 aliphatic heterocycles. The van der Waals surface area contributed by atoms with Crippen molar-refractivity contribution in [1.82, 2.24) is 9.97 Å². The Morgan fingerprint density at radius 3 is 1.86 bits per heavy atom. The van der Waals surface area contributed by atoms with Gasteiger partial charge in [-0.1, -0.05) is 0 Å². The summed E-state index contributed by atoms with van der Waals surface area (Å²) >= 11 is 0. The van der Waals surface area contributed by atoms with Crippen LogP contribution in [0.25, 0.3) is 0 Å². The van der Waals surface area contributed by atoms with Crippen LogP contribution in [0.15, 0.2) is 24.5 Å². The monoisotopic (exact) mass is 392 g/mol. The molecule has 0 saturated heterocycles. The molecule has 0 radical (unpaired) electrons. The number of pyridine rings is 2. The number of nitrogen functional groups attached to an aromatic ring is 3. The average molecular weight is 392 g/mol. The fourth-order valence-electron chi connectivity index (χ4n) is 1.75. The minimum absolute atomic E-state index is 0.0118. The topological polar surface area (TPSA) is 200 Å². The van der Waals surface area contributed by atoms with Crippen molar-refractivity contribution < 1.29 is 24.0 Å². The fraction of sp³-hybridized carbons (Fsp3) is 0.250. The van der Waals surface area contributed by atoms with Crippen molar-refractivity contribution in [2.45, 2.75) is 13.8 Å². The molecular weight excluding hydrogens is 372 g/mol. The van der Waals surface area contributed by atoms with Gasteiger partial charge >= 0.3 is 17.6 Å². The summed E-state index contributed by atoms with van der Waals surface area (Å²) in [5, 5.41) is 10.5. The Bertz CT molecular complexity index is 873. The normalized spacial score (nSPS) is 9.64. The maximum Gasteiger partial charge on any atom is 0.339 e. The summed E-state index contributed by atoms with van der Waals surface area (Å²) in [6.07, 6.45) is 2.48. The Hall–Kier alpha value is -3.96. The van der Waals surface area contributed by atoms with E-state index in [1.54, 1.807) is 13.8 Å². The number of nitrogens with zero attached hydrogens (tertiary/aromatic N) is 3. The van der Waals surface area contributed by atoms with Crippen LogP contribution in [0.5, 0.6) is 0 Å². The predicted octanol–water partition coefficient (Wildman–Crippen LogP) is 1.17. The van der Waals surface area contributed by atoms with Crippen LogP contribution in [-0.4, -0.2) is 40.0 Å². The molecule has 150 valence electrons. The summed E-state index contributed by atoms with van der Waals surface area (Å²) in [5.74, 6) is -1.11. The number of esters is 2. The molecule has 0 aliphatic rings. The number of nitrogens with two attached hydrogens (primary N) is 3. The van der Waals surface area contributed by atoms with E-state index in [1.165, 1.54) is 12.3 Å². The molecule has 0 saturated carbocycles. The molecule has 0 unspecified atom stereocenters. The summed E-state index contributed by atoms with van der Waals surface area (Å²) in [6.45, 7) is 3.88. The molecule has 0 amide bonds. The summed E-state index contributed by atoms with van der Waals surface area (Å²) in [7, 11) is 0. The highest BCUT2D eigenvalue weighted by Crippen LogP contribution is 2.19. The number of nitro groups is 1. The minimum Gasteiger partial charge on any atom is -0.462 e. The second-order valence-corrected chi connectivity index (χ2v) is 5.02. The first-order chi connectivity index (χ1) is 13.2. The van der Waals surface area contributed by atoms with Crippen molar-refractivity contribution in [1.29, 1.82) is 0 Å². The number of hydrogen-bond donors (Lipinski definition) is 3. The number of carbonyl (C=O) groups excluding carboxylic acids is 2. The van der Waals surface area contributed by atoms with E-state index in [0.717, 1.165) is 12.3 Å². The van der Waals surface area contributed by atoms with Crippen molar-refractivity contribution in [2.24, 2.45) is 0 Å². The van der Waals surface area contributed by atoms with Crippen molar-refractivity contribution in [2.75, 3.05) is 30.4 Å². The van der Waals surface area contributed by atoms with Crippen LogP contribution in [0.3, 0.4) is 0 Å². The van der Waals surface area contributed by atoms with Crippen LogP contribution in [0.2, 0.25) is 0 Å². The number of hydrogen-bond acceptors (Lipinski definition) is 11. The van der Waals surface area contributed by atoms with Gasteiger partial charge in [0.1, 0.15) is 5.82 Å². The second-order valence-electron chi connectivity index (χ2n) is 5.02. The largest absolute Gasteiger partial charge is 0.462 e. The summed E-state index contributed by atoms with van der Waals surface area (Å²) in [6, 6.07) is 2.49. The van der Waals surface area contributed by atoms with Gasteiger partial charge in [0.15, 0.2) is 0 Å². The number of rotatable bonds is 5. The van der Waals surface area contributed by atoms with E-state index in [2.05, 4.69) is 14.7 Å². The summed E-state index contributed by atoms with van der Waals surface area (Å²) in [4.78, 5) is 39.4. The van der Waals surface area contributed by atoms with Gasteiger partial charge in [-0.05, 0) is 19.9 Å². The van der Waals surface area contributed by atoms with Crippen LogP contribution in [-0.2, 0) is 9.47 Å². The molecule has 12 heteroatoms. The first kappa shape index (κ1) is 22.1. The van der Waals surface area contributed by atoms with Crippen molar-refractivity contribution in [3.63, 3.8) is 0 Å². The molecule has 0 fully saturated rings. The van der Waals surface area contributed by atoms with Crippen LogP contribution in [0.4, 0.5) is 23.0 Å². The standard InChI is InChI=1S/C8H9N3O4.C8H11N3O2/c1-2-15-8(12)5-3-6(11(13)14)7(9)10-4-5;1-2-13-8(12)5-3-6(9)7(10)11-4-5/h3-4H,2H2,1H3,(H2,9,10);3-4H,2,9H2,1H3,(H2,10,11). The molecule has 2 aromatic rings. The maximum absolute atomic E-state index is 11.2. The number of ether oxygens (including phenoxy) is 2. The third-order valence-corrected chi connectivity index (χ3v) is 3.07. The van der Waals surface area contributed by atoms with Gasteiger partial charge in [-0.3, -0.25) is 10.1 Å². The highest BCUT2D eigenvalue weighted by Gasteiger charge is 2.17. The highest BCUT2D eigenvalue weighted by molar-refractivity contribution is 5.91. The summed E-state index contributed by atoms with van der Waals surface area (Å²) < 4.78 is 9.41. The third-order valence-electron chi connectivity index (χ3n) is 3.07. The molecule has 0 aliphatic carbocycles. The SMILES string of the molecule is CCOC(=O)c1cnc(N)c(N)c1.CCOC(=O)c1cnc(N)c([N+](=O)[O-])c1. The molecule has 0 aromatic carbocycles. The van der Waals surface area contributed by atoms with Gasteiger partial charge in [0, 0.05) is 18.5 Å². The third kappa shape index (κ3) is 6.09. The smallest absolute Gasteiger partial charge is 0.339 e. The molecule has 0 spiro atoms. The first-order valence-corrected chi connectivity index (χ1v) is 7.96. The predicted molar refractivity (Wildman–Crippen MR) is 100 cm³/mol. The lowest BCUT2D eigenvalue weighted by Gasteiger charge is -2.03. The zero-order valence-corrected chi connectivity index (χ0v) is 15.2. The molecular formula is C16H20N6O6. The lowest BCUT2D eigenvalue weighted by atomic mass is 10.2. The number of carbonyl (C=O) groups is 2.